The highest BCUT2D eigenvalue weighted by Crippen LogP contribution is 2.46. The highest BCUT2D eigenvalue weighted by Gasteiger charge is 2.22. The van der Waals surface area contributed by atoms with Gasteiger partial charge in [-0.1, -0.05) is 115 Å². The van der Waals surface area contributed by atoms with Gasteiger partial charge in [0.1, 0.15) is 11.2 Å². The lowest BCUT2D eigenvalue weighted by molar-refractivity contribution is 0.670. The molecule has 10 aromatic rings. The first-order chi connectivity index (χ1) is 23.8. The third-order valence-electron chi connectivity index (χ3n) is 9.12. The second-order valence-electron chi connectivity index (χ2n) is 12.0. The summed E-state index contributed by atoms with van der Waals surface area (Å²) in [5, 5.41) is 6.82. The van der Waals surface area contributed by atoms with Crippen LogP contribution in [0.25, 0.3) is 98.2 Å². The molecule has 0 aliphatic carbocycles. The van der Waals surface area contributed by atoms with Crippen molar-refractivity contribution in [2.45, 2.75) is 0 Å². The van der Waals surface area contributed by atoms with Crippen molar-refractivity contribution >= 4 is 64.2 Å². The van der Waals surface area contributed by atoms with Crippen molar-refractivity contribution in [3.8, 4) is 45.3 Å². The first-order valence-electron chi connectivity index (χ1n) is 15.9. The smallest absolute Gasteiger partial charge is 0.164 e. The molecule has 0 amide bonds. The number of thiophene rings is 1. The van der Waals surface area contributed by atoms with E-state index in [1.54, 1.807) is 0 Å². The normalized spacial score (nSPS) is 11.8. The van der Waals surface area contributed by atoms with E-state index in [2.05, 4.69) is 91.0 Å². The van der Waals surface area contributed by atoms with Crippen LogP contribution in [-0.4, -0.2) is 15.0 Å². The molecule has 0 unspecified atom stereocenters. The van der Waals surface area contributed by atoms with Gasteiger partial charge in [-0.25, -0.2) is 15.0 Å². The number of nitrogens with zero attached hydrogens (tertiary/aromatic N) is 3. The minimum atomic E-state index is 0.606. The lowest BCUT2D eigenvalue weighted by Crippen LogP contribution is -2.00. The van der Waals surface area contributed by atoms with Gasteiger partial charge in [-0.05, 0) is 52.7 Å². The maximum atomic E-state index is 6.91. The Morgan fingerprint density at radius 1 is 0.417 bits per heavy atom. The molecule has 5 heteroatoms. The highest BCUT2D eigenvalue weighted by atomic mass is 32.1. The monoisotopic (exact) mass is 631 g/mol. The second-order valence-corrected chi connectivity index (χ2v) is 13.1. The van der Waals surface area contributed by atoms with Gasteiger partial charge in [0, 0.05) is 53.2 Å². The third kappa shape index (κ3) is 4.25. The quantitative estimate of drug-likeness (QED) is 0.194. The second kappa shape index (κ2) is 10.7. The molecule has 0 aliphatic rings. The van der Waals surface area contributed by atoms with Gasteiger partial charge in [0.25, 0.3) is 0 Å². The molecule has 224 valence electrons. The van der Waals surface area contributed by atoms with Gasteiger partial charge in [0.05, 0.1) is 0 Å². The average Bonchev–Trinajstić information content (AvgIpc) is 3.72. The molecule has 0 saturated carbocycles. The van der Waals surface area contributed by atoms with Crippen LogP contribution in [0.2, 0.25) is 0 Å². The third-order valence-corrected chi connectivity index (χ3v) is 10.3. The number of aromatic nitrogens is 3. The van der Waals surface area contributed by atoms with Crippen LogP contribution in [0.1, 0.15) is 0 Å². The Labute approximate surface area is 279 Å². The SMILES string of the molecule is c1ccc(-c2nc(-c3ccccc3)nc(-c3ccc(-c4cccc5sc6ccccc6c45)c4oc5cc6ccccc6cc5c34)n2)cc1. The Morgan fingerprint density at radius 2 is 1.02 bits per heavy atom. The number of rotatable bonds is 4. The number of hydrogen-bond donors (Lipinski definition) is 0. The van der Waals surface area contributed by atoms with E-state index < -0.39 is 0 Å². The minimum Gasteiger partial charge on any atom is -0.455 e. The van der Waals surface area contributed by atoms with Crippen molar-refractivity contribution in [1.29, 1.82) is 0 Å². The molecule has 0 bridgehead atoms. The summed E-state index contributed by atoms with van der Waals surface area (Å²) in [4.78, 5) is 15.2. The molecule has 0 radical (unpaired) electrons. The summed E-state index contributed by atoms with van der Waals surface area (Å²) in [6.07, 6.45) is 0. The fourth-order valence-electron chi connectivity index (χ4n) is 6.89. The van der Waals surface area contributed by atoms with E-state index in [1.807, 2.05) is 72.0 Å². The molecule has 48 heavy (non-hydrogen) atoms. The van der Waals surface area contributed by atoms with Gasteiger partial charge < -0.3 is 4.42 Å². The molecule has 4 nitrogen and oxygen atoms in total. The van der Waals surface area contributed by atoms with Crippen LogP contribution < -0.4 is 0 Å². The van der Waals surface area contributed by atoms with Crippen molar-refractivity contribution in [3.63, 3.8) is 0 Å². The molecule has 10 rings (SSSR count). The van der Waals surface area contributed by atoms with Crippen molar-refractivity contribution in [1.82, 2.24) is 15.0 Å². The van der Waals surface area contributed by atoms with E-state index in [0.29, 0.717) is 17.5 Å². The summed E-state index contributed by atoms with van der Waals surface area (Å²) in [7, 11) is 0. The average molecular weight is 632 g/mol. The summed E-state index contributed by atoms with van der Waals surface area (Å²) in [5.74, 6) is 1.86. The maximum Gasteiger partial charge on any atom is 0.164 e. The van der Waals surface area contributed by atoms with E-state index >= 15 is 0 Å². The van der Waals surface area contributed by atoms with Crippen LogP contribution in [0, 0.1) is 0 Å². The van der Waals surface area contributed by atoms with Crippen molar-refractivity contribution in [2.75, 3.05) is 0 Å². The largest absolute Gasteiger partial charge is 0.455 e. The van der Waals surface area contributed by atoms with Crippen LogP contribution >= 0.6 is 11.3 Å². The van der Waals surface area contributed by atoms with Gasteiger partial charge >= 0.3 is 0 Å². The molecule has 7 aromatic carbocycles. The molecule has 0 atom stereocenters. The first kappa shape index (κ1) is 27.0. The molecule has 0 spiro atoms. The van der Waals surface area contributed by atoms with E-state index in [1.165, 1.54) is 20.2 Å². The van der Waals surface area contributed by atoms with Crippen LogP contribution in [0.15, 0.2) is 156 Å². The number of furan rings is 1. The van der Waals surface area contributed by atoms with Crippen molar-refractivity contribution in [3.05, 3.63) is 152 Å². The molecular formula is C43H25N3OS. The Hall–Kier alpha value is -6.17. The van der Waals surface area contributed by atoms with Crippen LogP contribution in [0.3, 0.4) is 0 Å². The minimum absolute atomic E-state index is 0.606. The summed E-state index contributed by atoms with van der Waals surface area (Å²) >= 11 is 1.82. The van der Waals surface area contributed by atoms with Crippen LogP contribution in [0.5, 0.6) is 0 Å². The molecule has 3 aromatic heterocycles. The van der Waals surface area contributed by atoms with Crippen molar-refractivity contribution < 1.29 is 4.42 Å². The van der Waals surface area contributed by atoms with E-state index in [4.69, 9.17) is 19.4 Å². The summed E-state index contributed by atoms with van der Waals surface area (Å²) in [5.41, 5.74) is 6.63. The molecule has 0 saturated heterocycles. The van der Waals surface area contributed by atoms with Gasteiger partial charge in [-0.2, -0.15) is 0 Å². The molecule has 0 fully saturated rings. The van der Waals surface area contributed by atoms with Gasteiger partial charge in [-0.3, -0.25) is 0 Å². The fourth-order valence-corrected chi connectivity index (χ4v) is 8.02. The number of hydrogen-bond acceptors (Lipinski definition) is 5. The van der Waals surface area contributed by atoms with E-state index in [-0.39, 0.29) is 0 Å². The molecule has 0 aliphatic heterocycles. The Kier molecular flexibility index (Phi) is 6.01. The standard InChI is InChI=1S/C43H25N3OS/c1-3-12-26(13-4-1)41-44-42(27-14-5-2-6-15-27)46-43(45-41)33-23-22-31(30-19-11-21-37-38(30)32-18-9-10-20-36(32)48-37)40-39(33)34-24-28-16-7-8-17-29(28)25-35(34)47-40/h1-25H. The van der Waals surface area contributed by atoms with Gasteiger partial charge in [0.15, 0.2) is 17.5 Å². The molecular weight excluding hydrogens is 607 g/mol. The van der Waals surface area contributed by atoms with E-state index in [9.17, 15) is 0 Å². The van der Waals surface area contributed by atoms with E-state index in [0.717, 1.165) is 60.5 Å². The maximum absolute atomic E-state index is 6.91. The Bertz CT molecular complexity index is 2780. The first-order valence-corrected chi connectivity index (χ1v) is 16.8. The molecule has 3 heterocycles. The predicted octanol–water partition coefficient (Wildman–Crippen LogP) is 12.0. The zero-order chi connectivity index (χ0) is 31.6. The zero-order valence-corrected chi connectivity index (χ0v) is 26.4. The lowest BCUT2D eigenvalue weighted by atomic mass is 9.94. The topological polar surface area (TPSA) is 51.8 Å². The Balaban J connectivity index is 1.31. The van der Waals surface area contributed by atoms with Gasteiger partial charge in [-0.15, -0.1) is 11.3 Å². The Morgan fingerprint density at radius 3 is 1.77 bits per heavy atom. The fraction of sp³-hybridized carbons (Fsp3) is 0. The summed E-state index contributed by atoms with van der Waals surface area (Å²) in [6, 6.07) is 52.6. The highest BCUT2D eigenvalue weighted by molar-refractivity contribution is 7.25. The number of fused-ring (bicyclic) bond motifs is 7. The van der Waals surface area contributed by atoms with Crippen LogP contribution in [0.4, 0.5) is 0 Å². The van der Waals surface area contributed by atoms with Crippen molar-refractivity contribution in [2.24, 2.45) is 0 Å². The van der Waals surface area contributed by atoms with Crippen LogP contribution in [-0.2, 0) is 0 Å². The molecule has 0 N–H and O–H groups in total. The van der Waals surface area contributed by atoms with Gasteiger partial charge in [0.2, 0.25) is 0 Å². The summed E-state index contributed by atoms with van der Waals surface area (Å²) in [6.45, 7) is 0. The number of benzene rings is 7. The predicted molar refractivity (Wildman–Crippen MR) is 199 cm³/mol. The summed E-state index contributed by atoms with van der Waals surface area (Å²) < 4.78 is 9.44. The lowest BCUT2D eigenvalue weighted by Gasteiger charge is -2.11. The zero-order valence-electron chi connectivity index (χ0n) is 25.6.